The first-order chi connectivity index (χ1) is 11.0. The zero-order valence-electron chi connectivity index (χ0n) is 12.3. The Balaban J connectivity index is 1.77. The first kappa shape index (κ1) is 15.6. The van der Waals surface area contributed by atoms with Crippen LogP contribution in [0, 0.1) is 16.0 Å². The molecule has 1 saturated carbocycles. The second kappa shape index (κ2) is 6.10. The second-order valence-corrected chi connectivity index (χ2v) is 6.58. The van der Waals surface area contributed by atoms with Crippen LogP contribution in [-0.2, 0) is 5.60 Å². The van der Waals surface area contributed by atoms with Crippen LogP contribution in [0.25, 0.3) is 0 Å². The van der Waals surface area contributed by atoms with Crippen LogP contribution in [0.15, 0.2) is 41.8 Å². The number of amides is 1. The van der Waals surface area contributed by atoms with Crippen LogP contribution in [0.5, 0.6) is 0 Å². The quantitative estimate of drug-likeness (QED) is 0.628. The van der Waals surface area contributed by atoms with Gasteiger partial charge in [0, 0.05) is 10.9 Å². The molecule has 2 aromatic rings. The van der Waals surface area contributed by atoms with Crippen molar-refractivity contribution in [1.82, 2.24) is 5.32 Å². The summed E-state index contributed by atoms with van der Waals surface area (Å²) in [6.45, 7) is 0.0447. The van der Waals surface area contributed by atoms with Gasteiger partial charge >= 0.3 is 0 Å². The molecule has 1 unspecified atom stereocenters. The Bertz CT molecular complexity index is 727. The van der Waals surface area contributed by atoms with Crippen LogP contribution < -0.4 is 5.32 Å². The van der Waals surface area contributed by atoms with Crippen LogP contribution in [0.2, 0.25) is 0 Å². The average molecular weight is 332 g/mol. The average Bonchev–Trinajstić information content (AvgIpc) is 3.27. The predicted molar refractivity (Wildman–Crippen MR) is 86.4 cm³/mol. The molecule has 1 amide bonds. The smallest absolute Gasteiger partial charge is 0.282 e. The summed E-state index contributed by atoms with van der Waals surface area (Å²) in [4.78, 5) is 23.5. The van der Waals surface area contributed by atoms with Crippen molar-refractivity contribution in [1.29, 1.82) is 0 Å². The Morgan fingerprint density at radius 3 is 2.70 bits per heavy atom. The largest absolute Gasteiger partial charge is 0.382 e. The van der Waals surface area contributed by atoms with E-state index in [1.165, 1.54) is 29.5 Å². The highest BCUT2D eigenvalue weighted by molar-refractivity contribution is 7.10. The topological polar surface area (TPSA) is 92.5 Å². The SMILES string of the molecule is O=C(NCC(O)(c1cccs1)C1CC1)c1ccccc1[N+](=O)[O-]. The molecular formula is C16H16N2O4S. The lowest BCUT2D eigenvalue weighted by molar-refractivity contribution is -0.385. The van der Waals surface area contributed by atoms with Gasteiger partial charge in [-0.1, -0.05) is 18.2 Å². The maximum Gasteiger partial charge on any atom is 0.282 e. The standard InChI is InChI=1S/C16H16N2O4S/c19-15(12-4-1-2-5-13(12)18(21)22)17-10-16(20,11-7-8-11)14-6-3-9-23-14/h1-6,9,11,20H,7-8,10H2,(H,17,19). The third-order valence-electron chi connectivity index (χ3n) is 4.06. The molecule has 0 bridgehead atoms. The number of hydrogen-bond acceptors (Lipinski definition) is 5. The van der Waals surface area contributed by atoms with E-state index in [4.69, 9.17) is 0 Å². The molecule has 0 aliphatic heterocycles. The van der Waals surface area contributed by atoms with E-state index in [9.17, 15) is 20.0 Å². The Hall–Kier alpha value is -2.25. The molecule has 23 heavy (non-hydrogen) atoms. The number of nitro benzene ring substituents is 1. The van der Waals surface area contributed by atoms with E-state index < -0.39 is 16.4 Å². The van der Waals surface area contributed by atoms with Gasteiger partial charge in [-0.25, -0.2) is 0 Å². The first-order valence-electron chi connectivity index (χ1n) is 7.30. The summed E-state index contributed by atoms with van der Waals surface area (Å²) in [7, 11) is 0. The maximum absolute atomic E-state index is 12.3. The summed E-state index contributed by atoms with van der Waals surface area (Å²) in [6, 6.07) is 9.50. The molecule has 120 valence electrons. The fraction of sp³-hybridized carbons (Fsp3) is 0.312. The van der Waals surface area contributed by atoms with Gasteiger partial charge in [-0.05, 0) is 36.3 Å². The Labute approximate surface area is 136 Å². The van der Waals surface area contributed by atoms with Crippen LogP contribution in [0.3, 0.4) is 0 Å². The number of aliphatic hydroxyl groups is 1. The molecule has 2 N–H and O–H groups in total. The van der Waals surface area contributed by atoms with E-state index >= 15 is 0 Å². The molecule has 1 aliphatic rings. The number of carbonyl (C=O) groups is 1. The predicted octanol–water partition coefficient (Wildman–Crippen LogP) is 2.68. The number of carbonyl (C=O) groups excluding carboxylic acids is 1. The summed E-state index contributed by atoms with van der Waals surface area (Å²) >= 11 is 1.44. The Kier molecular flexibility index (Phi) is 4.14. The van der Waals surface area contributed by atoms with E-state index in [0.717, 1.165) is 17.7 Å². The third kappa shape index (κ3) is 3.11. The fourth-order valence-corrected chi connectivity index (χ4v) is 3.56. The van der Waals surface area contributed by atoms with Crippen LogP contribution >= 0.6 is 11.3 Å². The molecule has 7 heteroatoms. The molecular weight excluding hydrogens is 316 g/mol. The zero-order valence-corrected chi connectivity index (χ0v) is 13.1. The number of benzene rings is 1. The molecule has 1 aromatic heterocycles. The van der Waals surface area contributed by atoms with Crippen molar-refractivity contribution in [3.05, 3.63) is 62.3 Å². The van der Waals surface area contributed by atoms with E-state index in [2.05, 4.69) is 5.32 Å². The second-order valence-electron chi connectivity index (χ2n) is 5.63. The van der Waals surface area contributed by atoms with Crippen molar-refractivity contribution in [3.63, 3.8) is 0 Å². The molecule has 1 fully saturated rings. The van der Waals surface area contributed by atoms with E-state index in [-0.39, 0.29) is 23.7 Å². The van der Waals surface area contributed by atoms with Crippen molar-refractivity contribution >= 4 is 22.9 Å². The summed E-state index contributed by atoms with van der Waals surface area (Å²) in [5.41, 5.74) is -1.34. The number of hydrogen-bond donors (Lipinski definition) is 2. The molecule has 1 aliphatic carbocycles. The van der Waals surface area contributed by atoms with Gasteiger partial charge < -0.3 is 10.4 Å². The summed E-state index contributed by atoms with van der Waals surface area (Å²) in [5.74, 6) is -0.430. The molecule has 0 spiro atoms. The maximum atomic E-state index is 12.3. The van der Waals surface area contributed by atoms with E-state index in [1.54, 1.807) is 6.07 Å². The lowest BCUT2D eigenvalue weighted by atomic mass is 9.95. The van der Waals surface area contributed by atoms with Crippen molar-refractivity contribution in [2.75, 3.05) is 6.54 Å². The van der Waals surface area contributed by atoms with Crippen LogP contribution in [0.4, 0.5) is 5.69 Å². The summed E-state index contributed by atoms with van der Waals surface area (Å²) < 4.78 is 0. The highest BCUT2D eigenvalue weighted by atomic mass is 32.1. The Morgan fingerprint density at radius 2 is 2.09 bits per heavy atom. The van der Waals surface area contributed by atoms with Crippen molar-refractivity contribution in [3.8, 4) is 0 Å². The van der Waals surface area contributed by atoms with Crippen molar-refractivity contribution in [2.24, 2.45) is 5.92 Å². The minimum Gasteiger partial charge on any atom is -0.382 e. The summed E-state index contributed by atoms with van der Waals surface area (Å²) in [6.07, 6.45) is 1.82. The van der Waals surface area contributed by atoms with Crippen LogP contribution in [-0.4, -0.2) is 22.5 Å². The normalized spacial score (nSPS) is 16.6. The van der Waals surface area contributed by atoms with Crippen molar-refractivity contribution < 1.29 is 14.8 Å². The van der Waals surface area contributed by atoms with Gasteiger partial charge in [0.25, 0.3) is 11.6 Å². The van der Waals surface area contributed by atoms with Crippen LogP contribution in [0.1, 0.15) is 28.1 Å². The van der Waals surface area contributed by atoms with Gasteiger partial charge in [0.05, 0.1) is 11.5 Å². The van der Waals surface area contributed by atoms with Gasteiger partial charge in [-0.2, -0.15) is 0 Å². The fourth-order valence-electron chi connectivity index (χ4n) is 2.65. The lowest BCUT2D eigenvalue weighted by Gasteiger charge is -2.27. The number of nitrogens with one attached hydrogen (secondary N) is 1. The highest BCUT2D eigenvalue weighted by Gasteiger charge is 2.46. The molecule has 3 rings (SSSR count). The number of thiophene rings is 1. The third-order valence-corrected chi connectivity index (χ3v) is 5.10. The Morgan fingerprint density at radius 1 is 1.35 bits per heavy atom. The molecule has 0 saturated heterocycles. The lowest BCUT2D eigenvalue weighted by Crippen LogP contribution is -2.42. The number of rotatable bonds is 6. The van der Waals surface area contributed by atoms with E-state index in [0.29, 0.717) is 0 Å². The molecule has 1 aromatic carbocycles. The van der Waals surface area contributed by atoms with Gasteiger partial charge in [0.15, 0.2) is 0 Å². The highest BCUT2D eigenvalue weighted by Crippen LogP contribution is 2.46. The zero-order chi connectivity index (χ0) is 16.4. The number of nitrogens with zero attached hydrogens (tertiary/aromatic N) is 1. The molecule has 1 heterocycles. The van der Waals surface area contributed by atoms with Gasteiger partial charge in [-0.15, -0.1) is 11.3 Å². The minimum absolute atomic E-state index is 0.00169. The van der Waals surface area contributed by atoms with Gasteiger partial charge in [-0.3, -0.25) is 14.9 Å². The molecule has 1 atom stereocenters. The molecule has 0 radical (unpaired) electrons. The monoisotopic (exact) mass is 332 g/mol. The number of nitro groups is 1. The number of para-hydroxylation sites is 1. The minimum atomic E-state index is -1.10. The first-order valence-corrected chi connectivity index (χ1v) is 8.18. The van der Waals surface area contributed by atoms with Crippen molar-refractivity contribution in [2.45, 2.75) is 18.4 Å². The summed E-state index contributed by atoms with van der Waals surface area (Å²) in [5, 5.41) is 26.5. The van der Waals surface area contributed by atoms with Gasteiger partial charge in [0.2, 0.25) is 0 Å². The molecule has 6 nitrogen and oxygen atoms in total. The van der Waals surface area contributed by atoms with Gasteiger partial charge in [0.1, 0.15) is 11.2 Å². The van der Waals surface area contributed by atoms with E-state index in [1.807, 2.05) is 17.5 Å².